The second-order valence-corrected chi connectivity index (χ2v) is 7.59. The maximum Gasteiger partial charge on any atom is 0.0723 e. The molecule has 5 unspecified atom stereocenters. The van der Waals surface area contributed by atoms with Crippen molar-refractivity contribution in [3.63, 3.8) is 0 Å². The Morgan fingerprint density at radius 2 is 1.95 bits per heavy atom. The Morgan fingerprint density at radius 1 is 1.21 bits per heavy atom. The van der Waals surface area contributed by atoms with Crippen LogP contribution in [0.3, 0.4) is 0 Å². The normalized spacial score (nSPS) is 39.6. The van der Waals surface area contributed by atoms with E-state index in [1.807, 2.05) is 0 Å². The second-order valence-electron chi connectivity index (χ2n) is 7.59. The molecule has 2 saturated carbocycles. The molecule has 1 N–H and O–H groups in total. The molecule has 2 bridgehead atoms. The van der Waals surface area contributed by atoms with Crippen LogP contribution in [-0.4, -0.2) is 34.7 Å². The third-order valence-corrected chi connectivity index (χ3v) is 6.67. The van der Waals surface area contributed by atoms with E-state index in [2.05, 4.69) is 18.7 Å². The van der Waals surface area contributed by atoms with Crippen LogP contribution in [0.2, 0.25) is 0 Å². The van der Waals surface area contributed by atoms with Gasteiger partial charge in [-0.2, -0.15) is 0 Å². The van der Waals surface area contributed by atoms with Gasteiger partial charge in [0.2, 0.25) is 0 Å². The summed E-state index contributed by atoms with van der Waals surface area (Å²) in [7, 11) is 0. The summed E-state index contributed by atoms with van der Waals surface area (Å²) in [5, 5.41) is 10.9. The van der Waals surface area contributed by atoms with Crippen molar-refractivity contribution in [3.05, 3.63) is 0 Å². The SMILES string of the molecule is CCC(C)(C(O)CC1CC2CCC1C2)N1CCCC1. The molecule has 110 valence electrons. The fraction of sp³-hybridized carbons (Fsp3) is 1.00. The molecular weight excluding hydrogens is 234 g/mol. The van der Waals surface area contributed by atoms with Gasteiger partial charge in [0, 0.05) is 5.54 Å². The average Bonchev–Trinajstić information content (AvgIpc) is 3.14. The molecule has 1 saturated heterocycles. The lowest BCUT2D eigenvalue weighted by Gasteiger charge is -2.43. The molecule has 0 aromatic rings. The summed E-state index contributed by atoms with van der Waals surface area (Å²) < 4.78 is 0. The van der Waals surface area contributed by atoms with E-state index in [4.69, 9.17) is 0 Å². The van der Waals surface area contributed by atoms with E-state index in [0.29, 0.717) is 0 Å². The van der Waals surface area contributed by atoms with E-state index < -0.39 is 0 Å². The first-order valence-corrected chi connectivity index (χ1v) is 8.56. The predicted octanol–water partition coefficient (Wildman–Crippen LogP) is 3.44. The monoisotopic (exact) mass is 265 g/mol. The maximum absolute atomic E-state index is 10.9. The van der Waals surface area contributed by atoms with Crippen molar-refractivity contribution in [2.45, 2.75) is 76.9 Å². The van der Waals surface area contributed by atoms with Gasteiger partial charge in [0.15, 0.2) is 0 Å². The molecule has 0 amide bonds. The molecule has 5 atom stereocenters. The van der Waals surface area contributed by atoms with Crippen molar-refractivity contribution in [3.8, 4) is 0 Å². The van der Waals surface area contributed by atoms with Gasteiger partial charge in [-0.15, -0.1) is 0 Å². The summed E-state index contributed by atoms with van der Waals surface area (Å²) in [6, 6.07) is 0. The quantitative estimate of drug-likeness (QED) is 0.823. The van der Waals surface area contributed by atoms with Crippen LogP contribution in [0, 0.1) is 17.8 Å². The Kier molecular flexibility index (Phi) is 3.92. The van der Waals surface area contributed by atoms with Crippen LogP contribution in [-0.2, 0) is 0 Å². The number of aliphatic hydroxyl groups is 1. The zero-order valence-corrected chi connectivity index (χ0v) is 12.8. The molecule has 3 aliphatic rings. The Bertz CT molecular complexity index is 312. The highest BCUT2D eigenvalue weighted by atomic mass is 16.3. The first-order chi connectivity index (χ1) is 9.13. The van der Waals surface area contributed by atoms with E-state index in [9.17, 15) is 5.11 Å². The zero-order valence-electron chi connectivity index (χ0n) is 12.8. The third kappa shape index (κ3) is 2.47. The highest BCUT2D eigenvalue weighted by molar-refractivity contribution is 4.98. The molecule has 0 aromatic carbocycles. The lowest BCUT2D eigenvalue weighted by atomic mass is 9.78. The van der Waals surface area contributed by atoms with Crippen molar-refractivity contribution in [1.82, 2.24) is 4.90 Å². The van der Waals surface area contributed by atoms with E-state index in [1.54, 1.807) is 0 Å². The van der Waals surface area contributed by atoms with Crippen LogP contribution in [0.4, 0.5) is 0 Å². The first-order valence-electron chi connectivity index (χ1n) is 8.56. The lowest BCUT2D eigenvalue weighted by molar-refractivity contribution is -0.0290. The van der Waals surface area contributed by atoms with Gasteiger partial charge in [0.25, 0.3) is 0 Å². The van der Waals surface area contributed by atoms with Gasteiger partial charge in [-0.3, -0.25) is 4.90 Å². The summed E-state index contributed by atoms with van der Waals surface area (Å²) >= 11 is 0. The van der Waals surface area contributed by atoms with Crippen molar-refractivity contribution in [1.29, 1.82) is 0 Å². The van der Waals surface area contributed by atoms with E-state index in [0.717, 1.165) is 30.6 Å². The van der Waals surface area contributed by atoms with Gasteiger partial charge < -0.3 is 5.11 Å². The Hall–Kier alpha value is -0.0800. The van der Waals surface area contributed by atoms with Crippen LogP contribution in [0.5, 0.6) is 0 Å². The topological polar surface area (TPSA) is 23.5 Å². The van der Waals surface area contributed by atoms with Gasteiger partial charge in [-0.05, 0) is 82.7 Å². The van der Waals surface area contributed by atoms with Crippen LogP contribution in [0.25, 0.3) is 0 Å². The van der Waals surface area contributed by atoms with Gasteiger partial charge >= 0.3 is 0 Å². The number of aliphatic hydroxyl groups excluding tert-OH is 1. The highest BCUT2D eigenvalue weighted by Crippen LogP contribution is 2.50. The van der Waals surface area contributed by atoms with E-state index in [1.165, 1.54) is 51.6 Å². The number of fused-ring (bicyclic) bond motifs is 2. The van der Waals surface area contributed by atoms with Crippen molar-refractivity contribution in [2.75, 3.05) is 13.1 Å². The molecule has 0 aromatic heterocycles. The molecule has 1 aliphatic heterocycles. The minimum absolute atomic E-state index is 0.0261. The summed E-state index contributed by atoms with van der Waals surface area (Å²) in [5.74, 6) is 2.77. The molecule has 2 aliphatic carbocycles. The van der Waals surface area contributed by atoms with Crippen LogP contribution >= 0.6 is 0 Å². The average molecular weight is 265 g/mol. The predicted molar refractivity (Wildman–Crippen MR) is 79.1 cm³/mol. The molecule has 3 fully saturated rings. The second kappa shape index (κ2) is 5.37. The van der Waals surface area contributed by atoms with Crippen molar-refractivity contribution >= 4 is 0 Å². The number of likely N-dealkylation sites (tertiary alicyclic amines) is 1. The van der Waals surface area contributed by atoms with Gasteiger partial charge in [-0.25, -0.2) is 0 Å². The van der Waals surface area contributed by atoms with Crippen molar-refractivity contribution < 1.29 is 5.11 Å². The first kappa shape index (κ1) is 13.9. The zero-order chi connectivity index (χ0) is 13.5. The molecule has 19 heavy (non-hydrogen) atoms. The number of rotatable bonds is 5. The molecule has 2 nitrogen and oxygen atoms in total. The van der Waals surface area contributed by atoms with Crippen LogP contribution in [0.1, 0.15) is 65.2 Å². The fourth-order valence-corrected chi connectivity index (χ4v) is 5.10. The smallest absolute Gasteiger partial charge is 0.0723 e. The summed E-state index contributed by atoms with van der Waals surface area (Å²) in [6.45, 7) is 6.94. The lowest BCUT2D eigenvalue weighted by Crippen LogP contribution is -2.53. The Labute approximate surface area is 118 Å². The minimum atomic E-state index is -0.125. The molecule has 3 rings (SSSR count). The summed E-state index contributed by atoms with van der Waals surface area (Å²) in [6.07, 6.45) is 10.4. The summed E-state index contributed by atoms with van der Waals surface area (Å²) in [4.78, 5) is 2.56. The number of nitrogens with zero attached hydrogens (tertiary/aromatic N) is 1. The van der Waals surface area contributed by atoms with E-state index >= 15 is 0 Å². The van der Waals surface area contributed by atoms with Gasteiger partial charge in [0.1, 0.15) is 0 Å². The number of hydrogen-bond acceptors (Lipinski definition) is 2. The van der Waals surface area contributed by atoms with Gasteiger partial charge in [-0.1, -0.05) is 13.3 Å². The molecular formula is C17H31NO. The molecule has 0 radical (unpaired) electrons. The van der Waals surface area contributed by atoms with Crippen LogP contribution < -0.4 is 0 Å². The Balaban J connectivity index is 1.62. The third-order valence-electron chi connectivity index (χ3n) is 6.67. The number of hydrogen-bond donors (Lipinski definition) is 1. The minimum Gasteiger partial charge on any atom is -0.391 e. The Morgan fingerprint density at radius 3 is 2.47 bits per heavy atom. The largest absolute Gasteiger partial charge is 0.391 e. The fourth-order valence-electron chi connectivity index (χ4n) is 5.10. The van der Waals surface area contributed by atoms with E-state index in [-0.39, 0.29) is 11.6 Å². The molecule has 0 spiro atoms. The highest BCUT2D eigenvalue weighted by Gasteiger charge is 2.44. The molecule has 1 heterocycles. The summed E-state index contributed by atoms with van der Waals surface area (Å²) in [5.41, 5.74) is 0.0261. The van der Waals surface area contributed by atoms with Crippen molar-refractivity contribution in [2.24, 2.45) is 17.8 Å². The molecule has 2 heteroatoms. The standard InChI is InChI=1S/C17H31NO/c1-3-17(2,18-8-4-5-9-18)16(19)12-15-11-13-6-7-14(15)10-13/h13-16,19H,3-12H2,1-2H3. The maximum atomic E-state index is 10.9. The van der Waals surface area contributed by atoms with Crippen LogP contribution in [0.15, 0.2) is 0 Å². The van der Waals surface area contributed by atoms with Gasteiger partial charge in [0.05, 0.1) is 6.10 Å².